The maximum Gasteiger partial charge on any atom is 0.262 e. The van der Waals surface area contributed by atoms with E-state index in [0.29, 0.717) is 22.5 Å². The van der Waals surface area contributed by atoms with E-state index in [1.807, 2.05) is 60.7 Å². The Morgan fingerprint density at radius 3 is 2.71 bits per heavy atom. The number of hydrogen-bond donors (Lipinski definition) is 3. The van der Waals surface area contributed by atoms with Crippen LogP contribution in [-0.4, -0.2) is 22.5 Å². The summed E-state index contributed by atoms with van der Waals surface area (Å²) in [5.41, 5.74) is 4.57. The molecule has 0 unspecified atom stereocenters. The number of para-hydroxylation sites is 1. The molecule has 1 aliphatic heterocycles. The monoisotopic (exact) mass is 471 g/mol. The molecule has 1 aliphatic rings. The number of anilines is 5. The number of aryl methyl sites for hydroxylation is 2. The highest BCUT2D eigenvalue weighted by Crippen LogP contribution is 2.30. The van der Waals surface area contributed by atoms with Gasteiger partial charge in [-0.3, -0.25) is 4.79 Å². The van der Waals surface area contributed by atoms with Crippen molar-refractivity contribution in [1.29, 1.82) is 0 Å². The third-order valence-corrected chi connectivity index (χ3v) is 5.63. The molecular weight excluding hydrogens is 450 g/mol. The summed E-state index contributed by atoms with van der Waals surface area (Å²) in [4.78, 5) is 21.2. The van der Waals surface area contributed by atoms with E-state index in [-0.39, 0.29) is 12.5 Å². The molecule has 5 rings (SSSR count). The highest BCUT2D eigenvalue weighted by molar-refractivity contribution is 6.32. The van der Waals surface area contributed by atoms with E-state index in [0.717, 1.165) is 41.0 Å². The Bertz CT molecular complexity index is 1330. The summed E-state index contributed by atoms with van der Waals surface area (Å²) < 4.78 is 5.92. The van der Waals surface area contributed by atoms with E-state index in [9.17, 15) is 4.79 Å². The number of ether oxygens (including phenoxy) is 1. The van der Waals surface area contributed by atoms with Crippen molar-refractivity contribution in [2.45, 2.75) is 12.8 Å². The minimum Gasteiger partial charge on any atom is -0.483 e. The normalized spacial score (nSPS) is 12.1. The van der Waals surface area contributed by atoms with Gasteiger partial charge in [0.2, 0.25) is 5.95 Å². The molecule has 0 spiro atoms. The Balaban J connectivity index is 1.41. The van der Waals surface area contributed by atoms with Crippen molar-refractivity contribution in [2.24, 2.45) is 0 Å². The van der Waals surface area contributed by atoms with Crippen LogP contribution in [0.15, 0.2) is 79.0 Å². The molecule has 2 heterocycles. The van der Waals surface area contributed by atoms with E-state index < -0.39 is 0 Å². The first kappa shape index (κ1) is 21.7. The lowest BCUT2D eigenvalue weighted by Gasteiger charge is -2.15. The van der Waals surface area contributed by atoms with Crippen LogP contribution in [-0.2, 0) is 17.6 Å². The van der Waals surface area contributed by atoms with Gasteiger partial charge in [-0.15, -0.1) is 0 Å². The number of fused-ring (bicyclic) bond motifs is 6. The van der Waals surface area contributed by atoms with Gasteiger partial charge in [-0.1, -0.05) is 41.9 Å². The van der Waals surface area contributed by atoms with Crippen molar-refractivity contribution < 1.29 is 9.53 Å². The fourth-order valence-corrected chi connectivity index (χ4v) is 3.86. The fourth-order valence-electron chi connectivity index (χ4n) is 3.72. The molecule has 8 heteroatoms. The summed E-state index contributed by atoms with van der Waals surface area (Å²) in [6, 6.07) is 23.2. The van der Waals surface area contributed by atoms with Crippen molar-refractivity contribution in [3.63, 3.8) is 0 Å². The Labute approximate surface area is 202 Å². The lowest BCUT2D eigenvalue weighted by Crippen LogP contribution is -2.20. The number of amides is 1. The number of nitrogens with zero attached hydrogens (tertiary/aromatic N) is 2. The van der Waals surface area contributed by atoms with E-state index >= 15 is 0 Å². The highest BCUT2D eigenvalue weighted by atomic mass is 35.5. The van der Waals surface area contributed by atoms with Crippen LogP contribution in [0.5, 0.6) is 5.75 Å². The molecular formula is C26H22ClN5O2. The Morgan fingerprint density at radius 2 is 1.82 bits per heavy atom. The highest BCUT2D eigenvalue weighted by Gasteiger charge is 2.13. The summed E-state index contributed by atoms with van der Waals surface area (Å²) in [6.07, 6.45) is 3.09. The summed E-state index contributed by atoms with van der Waals surface area (Å²) in [6.45, 7) is -0.0881. The molecule has 4 aromatic rings. The minimum atomic E-state index is -0.218. The molecule has 0 atom stereocenters. The van der Waals surface area contributed by atoms with E-state index in [1.165, 1.54) is 0 Å². The first-order valence-corrected chi connectivity index (χ1v) is 11.3. The van der Waals surface area contributed by atoms with Gasteiger partial charge in [-0.2, -0.15) is 4.98 Å². The standard InChI is InChI=1S/C26H22ClN5O2/c27-22-15-28-26-31-20-8-4-5-17(13-20)9-10-18-14-21(30-25(22)32-26)11-12-23(18)34-16-24(33)29-19-6-2-1-3-7-19/h1-8,11-15H,9-10,16H2,(H,29,33)(H2,28,30,31,32). The zero-order chi connectivity index (χ0) is 23.3. The Kier molecular flexibility index (Phi) is 6.27. The molecule has 0 aliphatic carbocycles. The lowest BCUT2D eigenvalue weighted by atomic mass is 10.0. The van der Waals surface area contributed by atoms with E-state index in [1.54, 1.807) is 6.20 Å². The molecule has 3 aromatic carbocycles. The van der Waals surface area contributed by atoms with Crippen LogP contribution < -0.4 is 20.7 Å². The van der Waals surface area contributed by atoms with Crippen LogP contribution in [0.2, 0.25) is 5.02 Å². The molecule has 7 nitrogen and oxygen atoms in total. The van der Waals surface area contributed by atoms with Crippen LogP contribution >= 0.6 is 11.6 Å². The number of benzene rings is 3. The number of carbonyl (C=O) groups is 1. The van der Waals surface area contributed by atoms with Crippen molar-refractivity contribution in [3.8, 4) is 5.75 Å². The number of carbonyl (C=O) groups excluding carboxylic acids is 1. The first-order chi connectivity index (χ1) is 16.6. The summed E-state index contributed by atoms with van der Waals surface area (Å²) in [5.74, 6) is 1.39. The number of halogens is 1. The molecule has 0 fully saturated rings. The lowest BCUT2D eigenvalue weighted by molar-refractivity contribution is -0.118. The number of nitrogens with one attached hydrogen (secondary N) is 3. The molecule has 0 saturated heterocycles. The van der Waals surface area contributed by atoms with Crippen LogP contribution in [0, 0.1) is 0 Å². The average molecular weight is 472 g/mol. The second-order valence-corrected chi connectivity index (χ2v) is 8.27. The average Bonchev–Trinajstić information content (AvgIpc) is 2.85. The van der Waals surface area contributed by atoms with Crippen LogP contribution in [0.3, 0.4) is 0 Å². The summed E-state index contributed by atoms with van der Waals surface area (Å²) in [5, 5.41) is 9.75. The van der Waals surface area contributed by atoms with Crippen LogP contribution in [0.1, 0.15) is 11.1 Å². The van der Waals surface area contributed by atoms with Gasteiger partial charge in [-0.05, 0) is 66.4 Å². The van der Waals surface area contributed by atoms with Gasteiger partial charge in [0.15, 0.2) is 12.4 Å². The van der Waals surface area contributed by atoms with Gasteiger partial charge in [0, 0.05) is 17.1 Å². The SMILES string of the molecule is O=C(COc1ccc2cc1CCc1cccc(c1)Nc1ncc(Cl)c(n1)N2)Nc1ccccc1. The Morgan fingerprint density at radius 1 is 0.971 bits per heavy atom. The molecule has 0 radical (unpaired) electrons. The second-order valence-electron chi connectivity index (χ2n) is 7.87. The minimum absolute atomic E-state index is 0.0881. The van der Waals surface area contributed by atoms with Gasteiger partial charge in [0.1, 0.15) is 10.8 Å². The predicted octanol–water partition coefficient (Wildman–Crippen LogP) is 5.73. The van der Waals surface area contributed by atoms with Crippen LogP contribution in [0.4, 0.5) is 28.8 Å². The van der Waals surface area contributed by atoms with Gasteiger partial charge >= 0.3 is 0 Å². The van der Waals surface area contributed by atoms with E-state index in [2.05, 4.69) is 38.1 Å². The molecule has 1 aromatic heterocycles. The van der Waals surface area contributed by atoms with Crippen LogP contribution in [0.25, 0.3) is 0 Å². The van der Waals surface area contributed by atoms with Crippen molar-refractivity contribution in [2.75, 3.05) is 22.6 Å². The van der Waals surface area contributed by atoms with Gasteiger partial charge < -0.3 is 20.7 Å². The molecule has 6 bridgehead atoms. The molecule has 1 amide bonds. The molecule has 3 N–H and O–H groups in total. The maximum absolute atomic E-state index is 12.4. The van der Waals surface area contributed by atoms with Crippen molar-refractivity contribution in [3.05, 3.63) is 95.1 Å². The summed E-state index contributed by atoms with van der Waals surface area (Å²) in [7, 11) is 0. The zero-order valence-corrected chi connectivity index (χ0v) is 19.0. The number of rotatable bonds is 4. The smallest absolute Gasteiger partial charge is 0.262 e. The first-order valence-electron chi connectivity index (χ1n) is 10.9. The van der Waals surface area contributed by atoms with Crippen molar-refractivity contribution in [1.82, 2.24) is 9.97 Å². The number of aromatic nitrogens is 2. The maximum atomic E-state index is 12.4. The molecule has 170 valence electrons. The Hall–Kier alpha value is -4.10. The third-order valence-electron chi connectivity index (χ3n) is 5.35. The second kappa shape index (κ2) is 9.80. The largest absolute Gasteiger partial charge is 0.483 e. The van der Waals surface area contributed by atoms with Gasteiger partial charge in [0.25, 0.3) is 5.91 Å². The predicted molar refractivity (Wildman–Crippen MR) is 134 cm³/mol. The number of hydrogen-bond acceptors (Lipinski definition) is 6. The third kappa shape index (κ3) is 5.27. The fraction of sp³-hybridized carbons (Fsp3) is 0.115. The van der Waals surface area contributed by atoms with Crippen molar-refractivity contribution >= 4 is 46.3 Å². The van der Waals surface area contributed by atoms with Gasteiger partial charge in [0.05, 0.1) is 6.20 Å². The molecule has 0 saturated carbocycles. The molecule has 34 heavy (non-hydrogen) atoms. The zero-order valence-electron chi connectivity index (χ0n) is 18.2. The quantitative estimate of drug-likeness (QED) is 0.352. The van der Waals surface area contributed by atoms with Gasteiger partial charge in [-0.25, -0.2) is 4.98 Å². The topological polar surface area (TPSA) is 88.2 Å². The van der Waals surface area contributed by atoms with E-state index in [4.69, 9.17) is 16.3 Å². The summed E-state index contributed by atoms with van der Waals surface area (Å²) >= 11 is 6.33.